The molecule has 1 rings (SSSR count). The zero-order valence-corrected chi connectivity index (χ0v) is 8.47. The lowest BCUT2D eigenvalue weighted by Gasteiger charge is -2.15. The van der Waals surface area contributed by atoms with E-state index in [4.69, 9.17) is 17.4 Å². The first kappa shape index (κ1) is 11.4. The van der Waals surface area contributed by atoms with E-state index >= 15 is 0 Å². The van der Waals surface area contributed by atoms with Gasteiger partial charge in [0.1, 0.15) is 5.82 Å². The van der Waals surface area contributed by atoms with Gasteiger partial charge in [-0.1, -0.05) is 0 Å². The summed E-state index contributed by atoms with van der Waals surface area (Å²) in [6.45, 7) is 0. The fourth-order valence-electron chi connectivity index (χ4n) is 1.28. The molecule has 0 aliphatic carbocycles. The van der Waals surface area contributed by atoms with Gasteiger partial charge in [0.2, 0.25) is 0 Å². The summed E-state index contributed by atoms with van der Waals surface area (Å²) in [6, 6.07) is 1.42. The molecule has 1 atom stereocenters. The second-order valence-corrected chi connectivity index (χ2v) is 3.33. The fraction of sp³-hybridized carbons (Fsp3) is 0.444. The predicted octanol–water partition coefficient (Wildman–Crippen LogP) is 1.74. The van der Waals surface area contributed by atoms with E-state index in [9.17, 15) is 4.39 Å². The first-order valence-electron chi connectivity index (χ1n) is 4.41. The summed E-state index contributed by atoms with van der Waals surface area (Å²) in [4.78, 5) is 3.67. The zero-order valence-electron chi connectivity index (χ0n) is 7.71. The summed E-state index contributed by atoms with van der Waals surface area (Å²) in [7, 11) is 0. The molecule has 0 radical (unpaired) electrons. The number of hydrogen-bond acceptors (Lipinski definition) is 3. The summed E-state index contributed by atoms with van der Waals surface area (Å²) in [6.07, 6.45) is 4.23. The largest absolute Gasteiger partial charge is 0.271 e. The molecule has 0 saturated carbocycles. The quantitative estimate of drug-likeness (QED) is 0.449. The lowest BCUT2D eigenvalue weighted by Crippen LogP contribution is -2.28. The van der Waals surface area contributed by atoms with Gasteiger partial charge < -0.3 is 0 Å². The molecule has 1 aromatic rings. The van der Waals surface area contributed by atoms with Crippen LogP contribution >= 0.6 is 11.6 Å². The molecule has 14 heavy (non-hydrogen) atoms. The van der Waals surface area contributed by atoms with Crippen molar-refractivity contribution in [2.24, 2.45) is 5.84 Å². The number of hydrogen-bond donors (Lipinski definition) is 2. The monoisotopic (exact) mass is 217 g/mol. The van der Waals surface area contributed by atoms with E-state index in [-0.39, 0.29) is 11.9 Å². The molecule has 0 aliphatic heterocycles. The van der Waals surface area contributed by atoms with Crippen molar-refractivity contribution in [3.8, 4) is 0 Å². The number of nitrogens with zero attached hydrogens (tertiary/aromatic N) is 1. The van der Waals surface area contributed by atoms with Crippen molar-refractivity contribution in [1.29, 1.82) is 0 Å². The Kier molecular flexibility index (Phi) is 4.79. The Morgan fingerprint density at radius 2 is 2.43 bits per heavy atom. The smallest absolute Gasteiger partial charge is 0.146 e. The van der Waals surface area contributed by atoms with Crippen LogP contribution in [0.2, 0.25) is 0 Å². The standard InChI is InChI=1S/C9H13ClFN3/c10-4-1-2-9(14-12)7-3-5-13-6-8(7)11/h3,5-6,9,14H,1-2,4,12H2. The van der Waals surface area contributed by atoms with E-state index in [1.807, 2.05) is 0 Å². The van der Waals surface area contributed by atoms with E-state index in [1.54, 1.807) is 12.3 Å². The van der Waals surface area contributed by atoms with Crippen molar-refractivity contribution >= 4 is 11.6 Å². The van der Waals surface area contributed by atoms with Crippen LogP contribution in [0.25, 0.3) is 0 Å². The van der Waals surface area contributed by atoms with E-state index in [2.05, 4.69) is 10.4 Å². The Balaban J connectivity index is 2.73. The summed E-state index contributed by atoms with van der Waals surface area (Å²) < 4.78 is 13.3. The van der Waals surface area contributed by atoms with Crippen LogP contribution in [0.5, 0.6) is 0 Å². The Bertz CT molecular complexity index is 283. The highest BCUT2D eigenvalue weighted by atomic mass is 35.5. The average molecular weight is 218 g/mol. The lowest BCUT2D eigenvalue weighted by atomic mass is 10.0. The number of aromatic nitrogens is 1. The second kappa shape index (κ2) is 5.90. The van der Waals surface area contributed by atoms with Crippen LogP contribution in [0.3, 0.4) is 0 Å². The molecule has 1 heterocycles. The molecule has 1 unspecified atom stereocenters. The molecule has 0 amide bonds. The molecule has 3 N–H and O–H groups in total. The first-order chi connectivity index (χ1) is 6.79. The van der Waals surface area contributed by atoms with E-state index in [1.165, 1.54) is 6.20 Å². The number of hydrazine groups is 1. The van der Waals surface area contributed by atoms with Gasteiger partial charge in [0.25, 0.3) is 0 Å². The highest BCUT2D eigenvalue weighted by Gasteiger charge is 2.13. The average Bonchev–Trinajstić information content (AvgIpc) is 2.21. The number of nitrogens with one attached hydrogen (secondary N) is 1. The van der Waals surface area contributed by atoms with Gasteiger partial charge >= 0.3 is 0 Å². The third-order valence-corrected chi connectivity index (χ3v) is 2.27. The van der Waals surface area contributed by atoms with Crippen molar-refractivity contribution < 1.29 is 4.39 Å². The molecule has 0 bridgehead atoms. The normalized spacial score (nSPS) is 12.8. The SMILES string of the molecule is NNC(CCCCl)c1ccncc1F. The van der Waals surface area contributed by atoms with Crippen molar-refractivity contribution in [2.45, 2.75) is 18.9 Å². The molecule has 0 spiro atoms. The molecule has 0 aliphatic rings. The molecule has 0 aromatic carbocycles. The number of nitrogens with two attached hydrogens (primary N) is 1. The summed E-state index contributed by atoms with van der Waals surface area (Å²) in [5.74, 6) is 5.54. The van der Waals surface area contributed by atoms with Gasteiger partial charge in [-0.2, -0.15) is 0 Å². The van der Waals surface area contributed by atoms with Crippen LogP contribution in [0.15, 0.2) is 18.5 Å². The van der Waals surface area contributed by atoms with Gasteiger partial charge in [-0.3, -0.25) is 16.3 Å². The lowest BCUT2D eigenvalue weighted by molar-refractivity contribution is 0.480. The molecule has 3 nitrogen and oxygen atoms in total. The fourth-order valence-corrected chi connectivity index (χ4v) is 1.43. The highest BCUT2D eigenvalue weighted by molar-refractivity contribution is 6.17. The molecule has 78 valence electrons. The summed E-state index contributed by atoms with van der Waals surface area (Å²) in [5, 5.41) is 0. The Morgan fingerprint density at radius 1 is 1.64 bits per heavy atom. The maximum Gasteiger partial charge on any atom is 0.146 e. The molecule has 0 fully saturated rings. The molecule has 5 heteroatoms. The maximum absolute atomic E-state index is 13.3. The van der Waals surface area contributed by atoms with E-state index < -0.39 is 0 Å². The van der Waals surface area contributed by atoms with Crippen LogP contribution in [0, 0.1) is 5.82 Å². The van der Waals surface area contributed by atoms with Gasteiger partial charge in [0.05, 0.1) is 6.20 Å². The topological polar surface area (TPSA) is 50.9 Å². The minimum atomic E-state index is -0.343. The van der Waals surface area contributed by atoms with Crippen molar-refractivity contribution in [3.05, 3.63) is 29.8 Å². The Labute approximate surface area is 87.4 Å². The zero-order chi connectivity index (χ0) is 10.4. The van der Waals surface area contributed by atoms with Gasteiger partial charge in [-0.05, 0) is 18.9 Å². The van der Waals surface area contributed by atoms with Crippen LogP contribution in [0.4, 0.5) is 4.39 Å². The van der Waals surface area contributed by atoms with Crippen LogP contribution in [-0.4, -0.2) is 10.9 Å². The van der Waals surface area contributed by atoms with Crippen LogP contribution < -0.4 is 11.3 Å². The molecular weight excluding hydrogens is 205 g/mol. The number of alkyl halides is 1. The second-order valence-electron chi connectivity index (χ2n) is 2.95. The molecule has 0 saturated heterocycles. The van der Waals surface area contributed by atoms with Crippen molar-refractivity contribution in [3.63, 3.8) is 0 Å². The molecule has 1 aromatic heterocycles. The van der Waals surface area contributed by atoms with Gasteiger partial charge in [0.15, 0.2) is 0 Å². The maximum atomic E-state index is 13.3. The highest BCUT2D eigenvalue weighted by Crippen LogP contribution is 2.19. The van der Waals surface area contributed by atoms with Gasteiger partial charge in [-0.15, -0.1) is 11.6 Å². The molecular formula is C9H13ClFN3. The van der Waals surface area contributed by atoms with Crippen molar-refractivity contribution in [2.75, 3.05) is 5.88 Å². The van der Waals surface area contributed by atoms with Gasteiger partial charge in [0, 0.05) is 23.7 Å². The predicted molar refractivity (Wildman–Crippen MR) is 54.2 cm³/mol. The minimum Gasteiger partial charge on any atom is -0.271 e. The third-order valence-electron chi connectivity index (χ3n) is 2.01. The van der Waals surface area contributed by atoms with E-state index in [0.29, 0.717) is 17.9 Å². The Hall–Kier alpha value is -0.710. The van der Waals surface area contributed by atoms with Gasteiger partial charge in [-0.25, -0.2) is 4.39 Å². The van der Waals surface area contributed by atoms with Crippen LogP contribution in [0.1, 0.15) is 24.4 Å². The summed E-state index contributed by atoms with van der Waals surface area (Å²) >= 11 is 5.56. The van der Waals surface area contributed by atoms with E-state index in [0.717, 1.165) is 6.42 Å². The summed E-state index contributed by atoms with van der Waals surface area (Å²) in [5.41, 5.74) is 3.10. The third kappa shape index (κ3) is 2.90. The Morgan fingerprint density at radius 3 is 3.00 bits per heavy atom. The van der Waals surface area contributed by atoms with Crippen molar-refractivity contribution in [1.82, 2.24) is 10.4 Å². The number of rotatable bonds is 5. The first-order valence-corrected chi connectivity index (χ1v) is 4.94. The number of pyridine rings is 1. The van der Waals surface area contributed by atoms with Crippen LogP contribution in [-0.2, 0) is 0 Å². The number of halogens is 2. The minimum absolute atomic E-state index is 0.197.